The minimum absolute atomic E-state index is 0.202. The van der Waals surface area contributed by atoms with Crippen LogP contribution < -0.4 is 0 Å². The van der Waals surface area contributed by atoms with Crippen molar-refractivity contribution in [2.75, 3.05) is 7.05 Å². The van der Waals surface area contributed by atoms with Crippen LogP contribution in [-0.2, 0) is 13.1 Å². The van der Waals surface area contributed by atoms with E-state index in [1.807, 2.05) is 25.1 Å². The summed E-state index contributed by atoms with van der Waals surface area (Å²) in [5.74, 6) is 0.652. The van der Waals surface area contributed by atoms with E-state index in [0.29, 0.717) is 0 Å². The number of rotatable bonds is 5. The maximum Gasteiger partial charge on any atom is 0.178 e. The molecule has 6 heteroatoms. The van der Waals surface area contributed by atoms with E-state index in [-0.39, 0.29) is 5.82 Å². The Hall–Kier alpha value is -3.51. The Labute approximate surface area is 173 Å². The summed E-state index contributed by atoms with van der Waals surface area (Å²) in [7, 11) is 2.07. The monoisotopic (exact) mass is 399 g/mol. The molecular weight excluding hydrogens is 377 g/mol. The molecule has 2 aromatic carbocycles. The normalized spacial score (nSPS) is 11.7. The minimum Gasteiger partial charge on any atom is -0.354 e. The zero-order valence-electron chi connectivity index (χ0n) is 16.9. The van der Waals surface area contributed by atoms with E-state index >= 15 is 0 Å². The topological polar surface area (TPSA) is 60.6 Å². The van der Waals surface area contributed by atoms with Gasteiger partial charge in [0.05, 0.1) is 5.52 Å². The Kier molecular flexibility index (Phi) is 4.56. The van der Waals surface area contributed by atoms with Gasteiger partial charge in [-0.15, -0.1) is 0 Å². The van der Waals surface area contributed by atoms with Gasteiger partial charge in [0.15, 0.2) is 5.65 Å². The van der Waals surface area contributed by atoms with Gasteiger partial charge in [0.1, 0.15) is 11.6 Å². The van der Waals surface area contributed by atoms with Crippen molar-refractivity contribution in [2.24, 2.45) is 0 Å². The molecule has 0 atom stereocenters. The van der Waals surface area contributed by atoms with Crippen LogP contribution in [0.4, 0.5) is 4.39 Å². The van der Waals surface area contributed by atoms with Crippen molar-refractivity contribution in [1.82, 2.24) is 24.8 Å². The number of H-pyrrole nitrogens is 2. The SMILES string of the molecule is Cc1nc2nccc(-c3cc4cc(CN(C)Cc5ccc(F)cc5)ccc4[nH]3)c2[nH]1. The van der Waals surface area contributed by atoms with Gasteiger partial charge in [0, 0.05) is 41.4 Å². The largest absolute Gasteiger partial charge is 0.354 e. The van der Waals surface area contributed by atoms with Crippen LogP contribution in [0.1, 0.15) is 17.0 Å². The van der Waals surface area contributed by atoms with E-state index in [9.17, 15) is 4.39 Å². The number of pyridine rings is 1. The lowest BCUT2D eigenvalue weighted by atomic mass is 10.1. The first kappa shape index (κ1) is 18.5. The number of hydrogen-bond acceptors (Lipinski definition) is 3. The molecule has 0 aliphatic rings. The number of aryl methyl sites for hydroxylation is 1. The van der Waals surface area contributed by atoms with Crippen molar-refractivity contribution in [1.29, 1.82) is 0 Å². The summed E-state index contributed by atoms with van der Waals surface area (Å²) in [6.07, 6.45) is 1.79. The van der Waals surface area contributed by atoms with Crippen molar-refractivity contribution < 1.29 is 4.39 Å². The van der Waals surface area contributed by atoms with Gasteiger partial charge in [-0.3, -0.25) is 4.90 Å². The maximum absolute atomic E-state index is 13.1. The fourth-order valence-electron chi connectivity index (χ4n) is 3.95. The van der Waals surface area contributed by atoms with Crippen molar-refractivity contribution in [2.45, 2.75) is 20.0 Å². The number of halogens is 1. The van der Waals surface area contributed by atoms with Crippen LogP contribution in [0.25, 0.3) is 33.3 Å². The third-order valence-electron chi connectivity index (χ3n) is 5.30. The van der Waals surface area contributed by atoms with Gasteiger partial charge in [0.2, 0.25) is 0 Å². The molecule has 0 bridgehead atoms. The molecular formula is C24H22FN5. The number of benzene rings is 2. The summed E-state index contributed by atoms with van der Waals surface area (Å²) < 4.78 is 13.1. The molecule has 0 aliphatic carbocycles. The number of hydrogen-bond donors (Lipinski definition) is 2. The zero-order valence-corrected chi connectivity index (χ0v) is 16.9. The third kappa shape index (κ3) is 3.57. The second-order valence-electron chi connectivity index (χ2n) is 7.78. The smallest absolute Gasteiger partial charge is 0.178 e. The average molecular weight is 399 g/mol. The van der Waals surface area contributed by atoms with Crippen LogP contribution in [0.15, 0.2) is 60.8 Å². The highest BCUT2D eigenvalue weighted by Gasteiger charge is 2.11. The van der Waals surface area contributed by atoms with Gasteiger partial charge in [-0.25, -0.2) is 14.4 Å². The first-order valence-electron chi connectivity index (χ1n) is 9.91. The molecule has 30 heavy (non-hydrogen) atoms. The van der Waals surface area contributed by atoms with E-state index in [4.69, 9.17) is 0 Å². The molecule has 0 saturated heterocycles. The fourth-order valence-corrected chi connectivity index (χ4v) is 3.95. The molecule has 2 N–H and O–H groups in total. The molecule has 5 rings (SSSR count). The van der Waals surface area contributed by atoms with Crippen LogP contribution in [0, 0.1) is 12.7 Å². The maximum atomic E-state index is 13.1. The Bertz CT molecular complexity index is 1330. The molecule has 3 heterocycles. The lowest BCUT2D eigenvalue weighted by Crippen LogP contribution is -2.17. The van der Waals surface area contributed by atoms with Crippen LogP contribution in [0.3, 0.4) is 0 Å². The van der Waals surface area contributed by atoms with Gasteiger partial charge in [-0.05, 0) is 61.5 Å². The molecule has 3 aromatic heterocycles. The van der Waals surface area contributed by atoms with E-state index in [0.717, 1.165) is 52.4 Å². The number of aromatic nitrogens is 4. The van der Waals surface area contributed by atoms with Crippen molar-refractivity contribution in [3.63, 3.8) is 0 Å². The fraction of sp³-hybridized carbons (Fsp3) is 0.167. The second kappa shape index (κ2) is 7.39. The van der Waals surface area contributed by atoms with Crippen LogP contribution >= 0.6 is 0 Å². The van der Waals surface area contributed by atoms with E-state index in [1.165, 1.54) is 23.1 Å². The van der Waals surface area contributed by atoms with Crippen molar-refractivity contribution in [3.8, 4) is 11.3 Å². The number of imidazole rings is 1. The second-order valence-corrected chi connectivity index (χ2v) is 7.78. The molecule has 0 unspecified atom stereocenters. The molecule has 0 saturated carbocycles. The lowest BCUT2D eigenvalue weighted by Gasteiger charge is -2.17. The molecule has 0 radical (unpaired) electrons. The zero-order chi connectivity index (χ0) is 20.7. The number of nitrogens with one attached hydrogen (secondary N) is 2. The Morgan fingerprint density at radius 1 is 0.933 bits per heavy atom. The number of aromatic amines is 2. The van der Waals surface area contributed by atoms with Crippen LogP contribution in [-0.4, -0.2) is 31.9 Å². The molecule has 0 spiro atoms. The highest BCUT2D eigenvalue weighted by Crippen LogP contribution is 2.29. The van der Waals surface area contributed by atoms with Crippen LogP contribution in [0.5, 0.6) is 0 Å². The molecule has 150 valence electrons. The summed E-state index contributed by atoms with van der Waals surface area (Å²) in [4.78, 5) is 17.8. The van der Waals surface area contributed by atoms with E-state index < -0.39 is 0 Å². The molecule has 5 nitrogen and oxygen atoms in total. The third-order valence-corrected chi connectivity index (χ3v) is 5.30. The van der Waals surface area contributed by atoms with E-state index in [2.05, 4.69) is 56.1 Å². The highest BCUT2D eigenvalue weighted by atomic mass is 19.1. The lowest BCUT2D eigenvalue weighted by molar-refractivity contribution is 0.319. The van der Waals surface area contributed by atoms with E-state index in [1.54, 1.807) is 6.20 Å². The van der Waals surface area contributed by atoms with Crippen LogP contribution in [0.2, 0.25) is 0 Å². The minimum atomic E-state index is -0.202. The van der Waals surface area contributed by atoms with Gasteiger partial charge in [0.25, 0.3) is 0 Å². The summed E-state index contributed by atoms with van der Waals surface area (Å²) in [5.41, 5.74) is 7.20. The van der Waals surface area contributed by atoms with Gasteiger partial charge in [-0.1, -0.05) is 18.2 Å². The quantitative estimate of drug-likeness (QED) is 0.428. The summed E-state index contributed by atoms with van der Waals surface area (Å²) in [5, 5.41) is 1.17. The molecule has 5 aromatic rings. The molecule has 0 fully saturated rings. The first-order valence-corrected chi connectivity index (χ1v) is 9.91. The van der Waals surface area contributed by atoms with Gasteiger partial charge >= 0.3 is 0 Å². The van der Waals surface area contributed by atoms with Gasteiger partial charge < -0.3 is 9.97 Å². The summed E-state index contributed by atoms with van der Waals surface area (Å²) in [6, 6.07) is 17.3. The Morgan fingerprint density at radius 3 is 2.53 bits per heavy atom. The summed E-state index contributed by atoms with van der Waals surface area (Å²) >= 11 is 0. The Balaban J connectivity index is 1.40. The first-order chi connectivity index (χ1) is 14.5. The Morgan fingerprint density at radius 2 is 1.70 bits per heavy atom. The molecule has 0 amide bonds. The van der Waals surface area contributed by atoms with Gasteiger partial charge in [-0.2, -0.15) is 0 Å². The number of nitrogens with zero attached hydrogens (tertiary/aromatic N) is 3. The van der Waals surface area contributed by atoms with Crippen molar-refractivity contribution in [3.05, 3.63) is 83.6 Å². The molecule has 0 aliphatic heterocycles. The highest BCUT2D eigenvalue weighted by molar-refractivity contribution is 5.94. The predicted octanol–water partition coefficient (Wildman–Crippen LogP) is 5.19. The predicted molar refractivity (Wildman–Crippen MR) is 117 cm³/mol. The average Bonchev–Trinajstić information content (AvgIpc) is 3.31. The number of fused-ring (bicyclic) bond motifs is 2. The standard InChI is InChI=1S/C24H22FN5/c1-15-27-23-20(9-10-26-24(23)28-15)22-12-18-11-17(5-8-21(18)29-22)14-30(2)13-16-3-6-19(25)7-4-16/h3-12,29H,13-14H2,1-2H3,(H,26,27,28). The summed E-state index contributed by atoms with van der Waals surface area (Å²) in [6.45, 7) is 3.52. The van der Waals surface area contributed by atoms with Crippen molar-refractivity contribution >= 4 is 22.1 Å².